The van der Waals surface area contributed by atoms with Gasteiger partial charge in [-0.25, -0.2) is 0 Å². The number of hydrogen-bond donors (Lipinski definition) is 1. The van der Waals surface area contributed by atoms with Crippen LogP contribution in [0.5, 0.6) is 0 Å². The highest BCUT2D eigenvalue weighted by atomic mass is 28.4. The first kappa shape index (κ1) is 16.3. The van der Waals surface area contributed by atoms with Gasteiger partial charge in [-0.3, -0.25) is 0 Å². The fourth-order valence-electron chi connectivity index (χ4n) is 2.47. The molecular weight excluding hydrogens is 274 g/mol. The third kappa shape index (κ3) is 3.98. The van der Waals surface area contributed by atoms with E-state index in [4.69, 9.17) is 10.2 Å². The summed E-state index contributed by atoms with van der Waals surface area (Å²) in [6.45, 7) is 11.6. The predicted octanol–water partition coefficient (Wildman–Crippen LogP) is 5.23. The Hall–Kier alpha value is -1.06. The van der Waals surface area contributed by atoms with Crippen molar-refractivity contribution in [2.45, 2.75) is 64.3 Å². The Kier molecular flexibility index (Phi) is 4.64. The van der Waals surface area contributed by atoms with Gasteiger partial charge in [0.2, 0.25) is 0 Å². The Morgan fingerprint density at radius 1 is 1.14 bits per heavy atom. The van der Waals surface area contributed by atoms with E-state index in [0.29, 0.717) is 6.10 Å². The molecule has 0 saturated carbocycles. The molecule has 21 heavy (non-hydrogen) atoms. The first-order valence-corrected chi connectivity index (χ1v) is 10.8. The molecule has 0 saturated heterocycles. The standard InChI is InChI=1S/C18H29NOSi/c1-18(2,3)21(4,5)20-17-12-8-15(9-13-17)14-6-10-16(19)11-7-14/h6-8,10-11,17H,9,12-13,19H2,1-5H3/t17-/m1/s1. The molecule has 2 nitrogen and oxygen atoms in total. The number of benzene rings is 1. The van der Waals surface area contributed by atoms with E-state index in [0.717, 1.165) is 24.9 Å². The molecule has 1 aliphatic carbocycles. The number of rotatable bonds is 3. The van der Waals surface area contributed by atoms with Crippen molar-refractivity contribution in [3.8, 4) is 0 Å². The van der Waals surface area contributed by atoms with Crippen LogP contribution >= 0.6 is 0 Å². The minimum atomic E-state index is -1.65. The lowest BCUT2D eigenvalue weighted by Gasteiger charge is -2.40. The summed E-state index contributed by atoms with van der Waals surface area (Å²) in [7, 11) is -1.65. The molecule has 1 aromatic rings. The topological polar surface area (TPSA) is 35.2 Å². The Morgan fingerprint density at radius 2 is 1.76 bits per heavy atom. The van der Waals surface area contributed by atoms with Gasteiger partial charge in [0.1, 0.15) is 0 Å². The monoisotopic (exact) mass is 303 g/mol. The van der Waals surface area contributed by atoms with E-state index in [2.05, 4.69) is 52.1 Å². The van der Waals surface area contributed by atoms with Crippen molar-refractivity contribution < 1.29 is 4.43 Å². The fraction of sp³-hybridized carbons (Fsp3) is 0.556. The first-order valence-electron chi connectivity index (χ1n) is 7.92. The van der Waals surface area contributed by atoms with E-state index in [1.54, 1.807) is 0 Å². The van der Waals surface area contributed by atoms with Gasteiger partial charge >= 0.3 is 0 Å². The van der Waals surface area contributed by atoms with Crippen LogP contribution in [0.2, 0.25) is 18.1 Å². The largest absolute Gasteiger partial charge is 0.414 e. The molecule has 2 rings (SSSR count). The van der Waals surface area contributed by atoms with Crippen molar-refractivity contribution in [3.05, 3.63) is 35.9 Å². The summed E-state index contributed by atoms with van der Waals surface area (Å²) in [4.78, 5) is 0. The van der Waals surface area contributed by atoms with Gasteiger partial charge in [-0.2, -0.15) is 0 Å². The van der Waals surface area contributed by atoms with Crippen molar-refractivity contribution in [3.63, 3.8) is 0 Å². The molecule has 1 atom stereocenters. The van der Waals surface area contributed by atoms with Crippen molar-refractivity contribution in [1.82, 2.24) is 0 Å². The summed E-state index contributed by atoms with van der Waals surface area (Å²) in [5, 5.41) is 0.286. The number of nitrogens with two attached hydrogens (primary N) is 1. The third-order valence-electron chi connectivity index (χ3n) is 4.91. The van der Waals surface area contributed by atoms with E-state index < -0.39 is 8.32 Å². The summed E-state index contributed by atoms with van der Waals surface area (Å²) < 4.78 is 6.52. The highest BCUT2D eigenvalue weighted by Gasteiger charge is 2.39. The van der Waals surface area contributed by atoms with Gasteiger partial charge in [0.15, 0.2) is 8.32 Å². The predicted molar refractivity (Wildman–Crippen MR) is 94.8 cm³/mol. The molecule has 0 spiro atoms. The minimum Gasteiger partial charge on any atom is -0.414 e. The van der Waals surface area contributed by atoms with Crippen LogP contribution in [-0.2, 0) is 4.43 Å². The van der Waals surface area contributed by atoms with Crippen LogP contribution in [0.25, 0.3) is 5.57 Å². The summed E-state index contributed by atoms with van der Waals surface area (Å²) in [6, 6.07) is 8.20. The molecule has 1 aromatic carbocycles. The van der Waals surface area contributed by atoms with Crippen molar-refractivity contribution >= 4 is 19.6 Å². The molecule has 0 aromatic heterocycles. The van der Waals surface area contributed by atoms with Crippen LogP contribution in [0.1, 0.15) is 45.6 Å². The number of nitrogen functional groups attached to an aromatic ring is 1. The SMILES string of the molecule is CC(C)(C)[Si](C)(C)O[C@@H]1CC=C(c2ccc(N)cc2)CC1. The van der Waals surface area contributed by atoms with Gasteiger partial charge in [0.25, 0.3) is 0 Å². The van der Waals surface area contributed by atoms with Crippen LogP contribution in [-0.4, -0.2) is 14.4 Å². The minimum absolute atomic E-state index is 0.286. The van der Waals surface area contributed by atoms with Crippen LogP contribution in [0.3, 0.4) is 0 Å². The molecule has 0 amide bonds. The zero-order valence-electron chi connectivity index (χ0n) is 14.1. The molecule has 0 fully saturated rings. The molecule has 1 aliphatic rings. The van der Waals surface area contributed by atoms with E-state index >= 15 is 0 Å². The summed E-state index contributed by atoms with van der Waals surface area (Å²) in [5.74, 6) is 0. The molecular formula is C18H29NOSi. The highest BCUT2D eigenvalue weighted by Crippen LogP contribution is 2.39. The lowest BCUT2D eigenvalue weighted by molar-refractivity contribution is 0.172. The molecule has 0 heterocycles. The fourth-order valence-corrected chi connectivity index (χ4v) is 3.87. The summed E-state index contributed by atoms with van der Waals surface area (Å²) in [5.41, 5.74) is 9.32. The van der Waals surface area contributed by atoms with E-state index in [1.807, 2.05) is 12.1 Å². The summed E-state index contributed by atoms with van der Waals surface area (Å²) in [6.07, 6.45) is 6.01. The number of allylic oxidation sites excluding steroid dienone is 1. The van der Waals surface area contributed by atoms with E-state index in [-0.39, 0.29) is 5.04 Å². The smallest absolute Gasteiger partial charge is 0.192 e. The van der Waals surface area contributed by atoms with Gasteiger partial charge in [0.05, 0.1) is 0 Å². The molecule has 0 bridgehead atoms. The average molecular weight is 304 g/mol. The van der Waals surface area contributed by atoms with Crippen LogP contribution < -0.4 is 5.73 Å². The van der Waals surface area contributed by atoms with Gasteiger partial charge in [-0.1, -0.05) is 39.0 Å². The lowest BCUT2D eigenvalue weighted by atomic mass is 9.92. The van der Waals surface area contributed by atoms with Gasteiger partial charge < -0.3 is 10.2 Å². The second-order valence-electron chi connectivity index (χ2n) is 7.63. The second kappa shape index (κ2) is 5.97. The molecule has 3 heteroatoms. The van der Waals surface area contributed by atoms with Gasteiger partial charge in [0, 0.05) is 11.8 Å². The van der Waals surface area contributed by atoms with E-state index in [9.17, 15) is 0 Å². The van der Waals surface area contributed by atoms with Crippen LogP contribution in [0, 0.1) is 0 Å². The third-order valence-corrected chi connectivity index (χ3v) is 9.45. The maximum absolute atomic E-state index is 6.52. The molecule has 0 aliphatic heterocycles. The first-order chi connectivity index (χ1) is 9.69. The normalized spacial score (nSPS) is 20.2. The molecule has 2 N–H and O–H groups in total. The second-order valence-corrected chi connectivity index (χ2v) is 12.4. The lowest BCUT2D eigenvalue weighted by Crippen LogP contribution is -2.44. The summed E-state index contributed by atoms with van der Waals surface area (Å²) >= 11 is 0. The quantitative estimate of drug-likeness (QED) is 0.613. The van der Waals surface area contributed by atoms with E-state index in [1.165, 1.54) is 11.1 Å². The zero-order valence-corrected chi connectivity index (χ0v) is 15.1. The van der Waals surface area contributed by atoms with Crippen LogP contribution in [0.15, 0.2) is 30.3 Å². The Bertz CT molecular complexity index is 511. The van der Waals surface area contributed by atoms with Crippen LogP contribution in [0.4, 0.5) is 5.69 Å². The number of anilines is 1. The Balaban J connectivity index is 2.01. The van der Waals surface area contributed by atoms with Crippen molar-refractivity contribution in [1.29, 1.82) is 0 Å². The Labute approximate surface area is 130 Å². The Morgan fingerprint density at radius 3 is 2.24 bits per heavy atom. The maximum Gasteiger partial charge on any atom is 0.192 e. The number of hydrogen-bond acceptors (Lipinski definition) is 2. The molecule has 0 unspecified atom stereocenters. The van der Waals surface area contributed by atoms with Gasteiger partial charge in [-0.05, 0) is 60.7 Å². The molecule has 0 radical (unpaired) electrons. The van der Waals surface area contributed by atoms with Crippen molar-refractivity contribution in [2.75, 3.05) is 5.73 Å². The van der Waals surface area contributed by atoms with Crippen molar-refractivity contribution in [2.24, 2.45) is 0 Å². The highest BCUT2D eigenvalue weighted by molar-refractivity contribution is 6.74. The molecule has 116 valence electrons. The maximum atomic E-state index is 6.52. The van der Waals surface area contributed by atoms with Gasteiger partial charge in [-0.15, -0.1) is 0 Å². The zero-order chi connectivity index (χ0) is 15.7. The average Bonchev–Trinajstić information content (AvgIpc) is 2.39.